The third-order valence-electron chi connectivity index (χ3n) is 6.98. The van der Waals surface area contributed by atoms with Gasteiger partial charge in [-0.3, -0.25) is 44.5 Å². The van der Waals surface area contributed by atoms with E-state index in [1.54, 1.807) is 26.2 Å². The third-order valence-corrected chi connectivity index (χ3v) is 6.98. The fourth-order valence-corrected chi connectivity index (χ4v) is 5.11. The Hall–Kier alpha value is -3.76. The van der Waals surface area contributed by atoms with Crippen molar-refractivity contribution < 1.29 is 74.1 Å². The molecular weight excluding hydrogens is 778 g/mol. The van der Waals surface area contributed by atoms with Crippen molar-refractivity contribution in [1.82, 2.24) is 31.5 Å². The van der Waals surface area contributed by atoms with Crippen LogP contribution in [0.2, 0.25) is 0 Å². The van der Waals surface area contributed by atoms with E-state index in [4.69, 9.17) is 18.9 Å². The van der Waals surface area contributed by atoms with Crippen LogP contribution < -0.4 is 21.6 Å². The number of esters is 4. The van der Waals surface area contributed by atoms with E-state index in [2.05, 4.69) is 5.32 Å². The molecule has 4 N–H and O–H groups in total. The van der Waals surface area contributed by atoms with Crippen LogP contribution in [-0.4, -0.2) is 132 Å². The van der Waals surface area contributed by atoms with Gasteiger partial charge in [0.2, 0.25) is 0 Å². The molecule has 1 atom stereocenters. The maximum Gasteiger partial charge on any atom is 0.472 e. The molecule has 0 radical (unpaired) electrons. The average molecular weight is 839 g/mol. The van der Waals surface area contributed by atoms with Crippen LogP contribution in [0.15, 0.2) is 0 Å². The molecule has 0 bridgehead atoms. The van der Waals surface area contributed by atoms with Gasteiger partial charge in [0.25, 0.3) is 0 Å². The first kappa shape index (κ1) is 53.2. The molecule has 0 aliphatic carbocycles. The molecule has 332 valence electrons. The van der Waals surface area contributed by atoms with Crippen LogP contribution in [0.1, 0.15) is 102 Å². The number of carbonyl (C=O) groups is 6. The van der Waals surface area contributed by atoms with Crippen molar-refractivity contribution in [3.8, 4) is 0 Å². The predicted molar refractivity (Wildman–Crippen MR) is 192 cm³/mol. The summed E-state index contributed by atoms with van der Waals surface area (Å²) in [5.74, 6) is -8.81. The van der Waals surface area contributed by atoms with Gasteiger partial charge in [0.05, 0.1) is 37.4 Å². The van der Waals surface area contributed by atoms with Gasteiger partial charge in [0.15, 0.2) is 0 Å². The van der Waals surface area contributed by atoms with E-state index in [1.807, 2.05) is 5.43 Å². The Bertz CT molecular complexity index is 1350. The molecule has 0 aliphatic rings. The van der Waals surface area contributed by atoms with Crippen molar-refractivity contribution in [3.63, 3.8) is 0 Å². The van der Waals surface area contributed by atoms with Crippen molar-refractivity contribution in [3.05, 3.63) is 0 Å². The minimum Gasteiger partial charge on any atom is -0.460 e. The zero-order valence-corrected chi connectivity index (χ0v) is 35.0. The number of hydrogen-bond acceptors (Lipinski definition) is 14. The highest BCUT2D eigenvalue weighted by molar-refractivity contribution is 5.82. The second-order valence-corrected chi connectivity index (χ2v) is 17.1. The molecule has 0 saturated heterocycles. The van der Waals surface area contributed by atoms with E-state index in [1.165, 1.54) is 74.8 Å². The standard InChI is InChI=1S/C35H60F6N6O10/c1-29(2,3)54-23(48)18-22(47(45-28(53)35(39,40)41)17-16-42-14-15-43-44-27(52)34(36,37)38)33(19-24(49)55-30(4,5)6,20-25(50)56-31(7,8)9)46(13)21-26(51)57-32(10,11)12/h22,42-43H,14-21H2,1-13H3,(H,44,52)(H,45,53). The quantitative estimate of drug-likeness (QED) is 0.0487. The van der Waals surface area contributed by atoms with Gasteiger partial charge in [0.1, 0.15) is 22.4 Å². The summed E-state index contributed by atoms with van der Waals surface area (Å²) in [6.07, 6.45) is -13.4. The number of halogens is 6. The van der Waals surface area contributed by atoms with E-state index in [9.17, 15) is 55.1 Å². The maximum atomic E-state index is 13.9. The molecule has 2 amide bonds. The van der Waals surface area contributed by atoms with Crippen LogP contribution in [0.3, 0.4) is 0 Å². The SMILES string of the molecule is CN(CC(=O)OC(C)(C)C)C(CC(=O)OC(C)(C)C)(CC(=O)OC(C)(C)C)C(CC(=O)OC(C)(C)C)N(CCNCCNNC(=O)C(F)(F)F)NC(=O)C(F)(F)F. The monoisotopic (exact) mass is 838 g/mol. The topological polar surface area (TPSA) is 194 Å². The van der Waals surface area contributed by atoms with Gasteiger partial charge in [-0.1, -0.05) is 0 Å². The zero-order chi connectivity index (χ0) is 45.0. The first-order valence-electron chi connectivity index (χ1n) is 17.9. The van der Waals surface area contributed by atoms with E-state index >= 15 is 0 Å². The van der Waals surface area contributed by atoms with E-state index in [-0.39, 0.29) is 19.6 Å². The Morgan fingerprint density at radius 2 is 0.965 bits per heavy atom. The van der Waals surface area contributed by atoms with Crippen LogP contribution in [0.4, 0.5) is 26.3 Å². The number of ether oxygens (including phenoxy) is 4. The number of nitrogens with one attached hydrogen (secondary N) is 4. The van der Waals surface area contributed by atoms with Crippen LogP contribution in [0, 0.1) is 0 Å². The smallest absolute Gasteiger partial charge is 0.460 e. The normalized spacial score (nSPS) is 13.8. The molecule has 0 saturated carbocycles. The number of hydrazine groups is 2. The Labute approximate surface area is 329 Å². The maximum absolute atomic E-state index is 13.9. The first-order chi connectivity index (χ1) is 25.4. The number of carbonyl (C=O) groups excluding carboxylic acids is 6. The summed E-state index contributed by atoms with van der Waals surface area (Å²) in [5.41, 5.74) is -1.57. The predicted octanol–water partition coefficient (Wildman–Crippen LogP) is 3.23. The Morgan fingerprint density at radius 3 is 1.37 bits per heavy atom. The number of nitrogens with zero attached hydrogens (tertiary/aromatic N) is 2. The Kier molecular flexibility index (Phi) is 19.4. The molecule has 0 rings (SSSR count). The molecule has 57 heavy (non-hydrogen) atoms. The molecule has 0 spiro atoms. The summed E-state index contributed by atoms with van der Waals surface area (Å²) >= 11 is 0. The van der Waals surface area contributed by atoms with Gasteiger partial charge < -0.3 is 24.3 Å². The molecule has 0 aromatic carbocycles. The van der Waals surface area contributed by atoms with E-state index < -0.39 is 114 Å². The second kappa shape index (κ2) is 20.8. The van der Waals surface area contributed by atoms with Gasteiger partial charge in [-0.2, -0.15) is 26.3 Å². The highest BCUT2D eigenvalue weighted by atomic mass is 19.4. The summed E-state index contributed by atoms with van der Waals surface area (Å²) in [6, 6.07) is -1.84. The van der Waals surface area contributed by atoms with E-state index in [0.29, 0.717) is 5.01 Å². The van der Waals surface area contributed by atoms with Crippen molar-refractivity contribution in [2.75, 3.05) is 39.8 Å². The molecule has 0 aromatic heterocycles. The van der Waals surface area contributed by atoms with Gasteiger partial charge >= 0.3 is 48.0 Å². The Balaban J connectivity index is 7.71. The molecule has 1 unspecified atom stereocenters. The summed E-state index contributed by atoms with van der Waals surface area (Å²) in [6.45, 7) is 16.1. The molecule has 22 heteroatoms. The lowest BCUT2D eigenvalue weighted by Crippen LogP contribution is -2.68. The fourth-order valence-electron chi connectivity index (χ4n) is 5.11. The van der Waals surface area contributed by atoms with Crippen molar-refractivity contribution in [1.29, 1.82) is 0 Å². The number of alkyl halides is 6. The lowest BCUT2D eigenvalue weighted by Gasteiger charge is -2.50. The highest BCUT2D eigenvalue weighted by Crippen LogP contribution is 2.36. The van der Waals surface area contributed by atoms with Crippen LogP contribution in [-0.2, 0) is 47.7 Å². The summed E-state index contributed by atoms with van der Waals surface area (Å²) in [5, 5.41) is 3.37. The highest BCUT2D eigenvalue weighted by Gasteiger charge is 2.53. The number of likely N-dealkylation sites (N-methyl/N-ethyl adjacent to an activating group) is 1. The lowest BCUT2D eigenvalue weighted by molar-refractivity contribution is -0.186. The molecule has 0 heterocycles. The van der Waals surface area contributed by atoms with Gasteiger partial charge in [-0.15, -0.1) is 0 Å². The summed E-state index contributed by atoms with van der Waals surface area (Å²) < 4.78 is 101. The molecule has 16 nitrogen and oxygen atoms in total. The van der Waals surface area contributed by atoms with Gasteiger partial charge in [-0.05, 0) is 90.1 Å². The number of rotatable bonds is 19. The van der Waals surface area contributed by atoms with Crippen LogP contribution in [0.25, 0.3) is 0 Å². The van der Waals surface area contributed by atoms with Crippen molar-refractivity contribution >= 4 is 35.7 Å². The van der Waals surface area contributed by atoms with Crippen molar-refractivity contribution in [2.45, 2.75) is 149 Å². The van der Waals surface area contributed by atoms with Crippen molar-refractivity contribution in [2.24, 2.45) is 0 Å². The lowest BCUT2D eigenvalue weighted by atomic mass is 9.79. The largest absolute Gasteiger partial charge is 0.472 e. The second-order valence-electron chi connectivity index (χ2n) is 17.1. The average Bonchev–Trinajstić information content (AvgIpc) is 2.93. The summed E-state index contributed by atoms with van der Waals surface area (Å²) in [7, 11) is 1.25. The summed E-state index contributed by atoms with van der Waals surface area (Å²) in [4.78, 5) is 79.5. The first-order valence-corrected chi connectivity index (χ1v) is 17.9. The Morgan fingerprint density at radius 1 is 0.561 bits per heavy atom. The van der Waals surface area contributed by atoms with Crippen LogP contribution >= 0.6 is 0 Å². The van der Waals surface area contributed by atoms with Gasteiger partial charge in [0, 0.05) is 26.2 Å². The minimum absolute atomic E-state index is 0.199. The van der Waals surface area contributed by atoms with Gasteiger partial charge in [-0.25, -0.2) is 10.4 Å². The van der Waals surface area contributed by atoms with E-state index in [0.717, 1.165) is 4.90 Å². The van der Waals surface area contributed by atoms with Crippen LogP contribution in [0.5, 0.6) is 0 Å². The molecule has 0 aromatic rings. The zero-order valence-electron chi connectivity index (χ0n) is 35.0. The molecule has 0 fully saturated rings. The number of amides is 2. The number of hydrogen-bond donors (Lipinski definition) is 4. The molecular formula is C35H60F6N6O10. The molecule has 0 aliphatic heterocycles. The minimum atomic E-state index is -5.51. The third kappa shape index (κ3) is 22.7. The fraction of sp³-hybridized carbons (Fsp3) is 0.829.